The van der Waals surface area contributed by atoms with Gasteiger partial charge in [0.1, 0.15) is 11.9 Å². The summed E-state index contributed by atoms with van der Waals surface area (Å²) in [6, 6.07) is 0. The number of allylic oxidation sites excluding steroid dienone is 1. The normalized spacial score (nSPS) is 26.8. The number of nitrogens with zero attached hydrogens (tertiary/aromatic N) is 2. The number of nitrogens with one attached hydrogen (secondary N) is 1. The number of hydrogen-bond donors (Lipinski definition) is 2. The van der Waals surface area contributed by atoms with Crippen LogP contribution in [0.3, 0.4) is 0 Å². The molecule has 2 heterocycles. The van der Waals surface area contributed by atoms with Crippen molar-refractivity contribution in [3.63, 3.8) is 0 Å². The Morgan fingerprint density at radius 1 is 1.83 bits per heavy atom. The van der Waals surface area contributed by atoms with E-state index in [9.17, 15) is 4.79 Å². The quantitative estimate of drug-likeness (QED) is 0.523. The fraction of sp³-hybridized carbons (Fsp3) is 0.429. The summed E-state index contributed by atoms with van der Waals surface area (Å²) in [5, 5.41) is 1.72. The monoisotopic (exact) mass is 166 g/mol. The molecule has 2 aliphatic heterocycles. The third-order valence-corrected chi connectivity index (χ3v) is 1.99. The molecule has 2 rings (SSSR count). The molecule has 1 amide bonds. The number of fused-ring (bicyclic) bond motifs is 1. The van der Waals surface area contributed by atoms with Crippen LogP contribution in [0.25, 0.3) is 0 Å². The van der Waals surface area contributed by atoms with E-state index in [1.807, 2.05) is 0 Å². The standard InChI is InChI=1S/C7H10N4O/c8-7(12)5-1-3-9-6-2-4-10-11(5)6/h1,3,6,10H,2,4H2,(H2,8,12). The molecule has 12 heavy (non-hydrogen) atoms. The van der Waals surface area contributed by atoms with Gasteiger partial charge >= 0.3 is 0 Å². The molecule has 5 nitrogen and oxygen atoms in total. The molecule has 1 fully saturated rings. The van der Waals surface area contributed by atoms with Gasteiger partial charge in [-0.25, -0.2) is 5.43 Å². The molecule has 0 radical (unpaired) electrons. The van der Waals surface area contributed by atoms with E-state index in [2.05, 4.69) is 10.4 Å². The molecular formula is C7H10N4O. The lowest BCUT2D eigenvalue weighted by molar-refractivity contribution is -0.116. The molecule has 1 unspecified atom stereocenters. The fourth-order valence-electron chi connectivity index (χ4n) is 1.43. The Labute approximate surface area is 69.9 Å². The molecule has 0 saturated carbocycles. The van der Waals surface area contributed by atoms with Gasteiger partial charge in [0.05, 0.1) is 0 Å². The predicted molar refractivity (Wildman–Crippen MR) is 44.0 cm³/mol. The number of hydrazine groups is 1. The number of carbonyl (C=O) groups excluding carboxylic acids is 1. The highest BCUT2D eigenvalue weighted by atomic mass is 16.1. The van der Waals surface area contributed by atoms with Crippen molar-refractivity contribution in [1.29, 1.82) is 0 Å². The van der Waals surface area contributed by atoms with Gasteiger partial charge < -0.3 is 5.73 Å². The van der Waals surface area contributed by atoms with Gasteiger partial charge in [0, 0.05) is 19.2 Å². The van der Waals surface area contributed by atoms with Gasteiger partial charge in [-0.1, -0.05) is 0 Å². The van der Waals surface area contributed by atoms with E-state index < -0.39 is 5.91 Å². The largest absolute Gasteiger partial charge is 0.364 e. The highest BCUT2D eigenvalue weighted by Crippen LogP contribution is 2.18. The van der Waals surface area contributed by atoms with E-state index in [4.69, 9.17) is 5.73 Å². The smallest absolute Gasteiger partial charge is 0.266 e. The van der Waals surface area contributed by atoms with Crippen molar-refractivity contribution in [3.8, 4) is 0 Å². The van der Waals surface area contributed by atoms with Gasteiger partial charge in [-0.15, -0.1) is 0 Å². The number of aliphatic imine (C=N–C) groups is 1. The Hall–Kier alpha value is -1.36. The number of nitrogens with two attached hydrogens (primary N) is 1. The van der Waals surface area contributed by atoms with Crippen LogP contribution in [0.15, 0.2) is 16.8 Å². The molecule has 64 valence electrons. The Morgan fingerprint density at radius 2 is 2.67 bits per heavy atom. The summed E-state index contributed by atoms with van der Waals surface area (Å²) in [6.07, 6.45) is 4.23. The molecule has 1 atom stereocenters. The first-order valence-electron chi connectivity index (χ1n) is 3.85. The van der Waals surface area contributed by atoms with Crippen LogP contribution in [0, 0.1) is 0 Å². The lowest BCUT2D eigenvalue weighted by Gasteiger charge is -2.25. The van der Waals surface area contributed by atoms with Crippen LogP contribution in [-0.2, 0) is 4.79 Å². The number of rotatable bonds is 1. The molecule has 0 aromatic carbocycles. The van der Waals surface area contributed by atoms with E-state index in [1.54, 1.807) is 17.3 Å². The minimum Gasteiger partial charge on any atom is -0.364 e. The molecule has 0 aromatic rings. The van der Waals surface area contributed by atoms with E-state index in [0.29, 0.717) is 5.70 Å². The molecule has 2 aliphatic rings. The second kappa shape index (κ2) is 2.60. The maximum absolute atomic E-state index is 10.9. The Morgan fingerprint density at radius 3 is 3.42 bits per heavy atom. The van der Waals surface area contributed by atoms with Crippen molar-refractivity contribution in [2.75, 3.05) is 6.54 Å². The summed E-state index contributed by atoms with van der Waals surface area (Å²) < 4.78 is 0. The molecule has 0 bridgehead atoms. The van der Waals surface area contributed by atoms with Crippen molar-refractivity contribution in [3.05, 3.63) is 11.8 Å². The molecule has 0 aromatic heterocycles. The van der Waals surface area contributed by atoms with Crippen molar-refractivity contribution in [1.82, 2.24) is 10.4 Å². The van der Waals surface area contributed by atoms with E-state index in [-0.39, 0.29) is 6.17 Å². The minimum atomic E-state index is -0.416. The summed E-state index contributed by atoms with van der Waals surface area (Å²) in [5.74, 6) is -0.416. The summed E-state index contributed by atoms with van der Waals surface area (Å²) in [6.45, 7) is 0.840. The maximum Gasteiger partial charge on any atom is 0.266 e. The predicted octanol–water partition coefficient (Wildman–Crippen LogP) is -1.02. The lowest BCUT2D eigenvalue weighted by Crippen LogP contribution is -2.42. The molecule has 5 heteroatoms. The van der Waals surface area contributed by atoms with Crippen molar-refractivity contribution in [2.45, 2.75) is 12.6 Å². The van der Waals surface area contributed by atoms with Crippen LogP contribution in [0.5, 0.6) is 0 Å². The number of carbonyl (C=O) groups is 1. The van der Waals surface area contributed by atoms with Gasteiger partial charge in [-0.2, -0.15) is 0 Å². The zero-order valence-corrected chi connectivity index (χ0v) is 6.53. The third-order valence-electron chi connectivity index (χ3n) is 1.99. The average molecular weight is 166 g/mol. The van der Waals surface area contributed by atoms with Gasteiger partial charge in [0.25, 0.3) is 5.91 Å². The second-order valence-corrected chi connectivity index (χ2v) is 2.76. The molecule has 3 N–H and O–H groups in total. The van der Waals surface area contributed by atoms with Gasteiger partial charge in [0.15, 0.2) is 0 Å². The van der Waals surface area contributed by atoms with Crippen LogP contribution >= 0.6 is 0 Å². The van der Waals surface area contributed by atoms with Crippen LogP contribution in [-0.4, -0.2) is 29.8 Å². The van der Waals surface area contributed by atoms with Crippen molar-refractivity contribution in [2.24, 2.45) is 10.7 Å². The number of amides is 1. The van der Waals surface area contributed by atoms with Gasteiger partial charge in [-0.05, 0) is 6.08 Å². The topological polar surface area (TPSA) is 70.7 Å². The first-order chi connectivity index (χ1) is 5.79. The first-order valence-corrected chi connectivity index (χ1v) is 3.85. The van der Waals surface area contributed by atoms with E-state index in [0.717, 1.165) is 13.0 Å². The Kier molecular flexibility index (Phi) is 1.58. The molecular weight excluding hydrogens is 156 g/mol. The molecule has 1 saturated heterocycles. The fourth-order valence-corrected chi connectivity index (χ4v) is 1.43. The summed E-state index contributed by atoms with van der Waals surface area (Å²) in [5.41, 5.74) is 8.71. The van der Waals surface area contributed by atoms with E-state index >= 15 is 0 Å². The number of primary amides is 1. The second-order valence-electron chi connectivity index (χ2n) is 2.76. The van der Waals surface area contributed by atoms with Crippen molar-refractivity contribution >= 4 is 12.1 Å². The van der Waals surface area contributed by atoms with E-state index in [1.165, 1.54) is 0 Å². The summed E-state index contributed by atoms with van der Waals surface area (Å²) in [7, 11) is 0. The number of hydrogen-bond acceptors (Lipinski definition) is 4. The van der Waals surface area contributed by atoms with Crippen LogP contribution in [0.1, 0.15) is 6.42 Å². The highest BCUT2D eigenvalue weighted by Gasteiger charge is 2.29. The minimum absolute atomic E-state index is 0.0532. The third kappa shape index (κ3) is 0.984. The Balaban J connectivity index is 2.27. The zero-order chi connectivity index (χ0) is 8.55. The average Bonchev–Trinajstić information content (AvgIpc) is 2.49. The zero-order valence-electron chi connectivity index (χ0n) is 6.53. The first kappa shape index (κ1) is 7.30. The van der Waals surface area contributed by atoms with Crippen LogP contribution in [0.2, 0.25) is 0 Å². The van der Waals surface area contributed by atoms with Gasteiger partial charge in [-0.3, -0.25) is 14.8 Å². The summed E-state index contributed by atoms with van der Waals surface area (Å²) >= 11 is 0. The molecule has 0 spiro atoms. The summed E-state index contributed by atoms with van der Waals surface area (Å²) in [4.78, 5) is 15.1. The highest BCUT2D eigenvalue weighted by molar-refractivity contribution is 5.96. The van der Waals surface area contributed by atoms with Gasteiger partial charge in [0.2, 0.25) is 0 Å². The van der Waals surface area contributed by atoms with Crippen molar-refractivity contribution < 1.29 is 4.79 Å². The Bertz CT molecular complexity index is 271. The molecule has 0 aliphatic carbocycles. The maximum atomic E-state index is 10.9. The van der Waals surface area contributed by atoms with Crippen LogP contribution < -0.4 is 11.2 Å². The van der Waals surface area contributed by atoms with Crippen LogP contribution in [0.4, 0.5) is 0 Å². The SMILES string of the molecule is NC(=O)C1=CC=NC2CCNN12. The lowest BCUT2D eigenvalue weighted by atomic mass is 10.3.